The highest BCUT2D eigenvalue weighted by Crippen LogP contribution is 2.24. The molecule has 1 fully saturated rings. The number of nitrogens with one attached hydrogen (secondary N) is 2. The molecular formula is C17H23FN4O2. The Balaban J connectivity index is 1.92. The van der Waals surface area contributed by atoms with E-state index < -0.39 is 5.82 Å². The zero-order valence-electron chi connectivity index (χ0n) is 14.0. The summed E-state index contributed by atoms with van der Waals surface area (Å²) in [6, 6.07) is 6.10. The number of nitriles is 1. The third-order valence-electron chi connectivity index (χ3n) is 4.13. The summed E-state index contributed by atoms with van der Waals surface area (Å²) < 4.78 is 19.2. The summed E-state index contributed by atoms with van der Waals surface area (Å²) in [6.45, 7) is 3.57. The minimum Gasteiger partial charge on any atom is -0.380 e. The molecule has 1 aromatic carbocycles. The zero-order valence-corrected chi connectivity index (χ0v) is 14.0. The summed E-state index contributed by atoms with van der Waals surface area (Å²) in [4.78, 5) is 13.8. The third kappa shape index (κ3) is 4.83. The van der Waals surface area contributed by atoms with Crippen molar-refractivity contribution < 1.29 is 13.9 Å². The van der Waals surface area contributed by atoms with Gasteiger partial charge in [-0.1, -0.05) is 0 Å². The van der Waals surface area contributed by atoms with Gasteiger partial charge in [0.1, 0.15) is 5.82 Å². The molecule has 0 saturated carbocycles. The number of carbonyl (C=O) groups is 1. The summed E-state index contributed by atoms with van der Waals surface area (Å²) in [5.41, 5.74) is 0.767. The number of hydrogen-bond donors (Lipinski definition) is 2. The number of amides is 2. The van der Waals surface area contributed by atoms with Gasteiger partial charge < -0.3 is 20.3 Å². The molecule has 1 aliphatic rings. The topological polar surface area (TPSA) is 77.4 Å². The van der Waals surface area contributed by atoms with Crippen LogP contribution in [0.15, 0.2) is 18.2 Å². The van der Waals surface area contributed by atoms with Crippen molar-refractivity contribution in [3.8, 4) is 6.07 Å². The van der Waals surface area contributed by atoms with E-state index in [0.29, 0.717) is 24.3 Å². The first-order valence-electron chi connectivity index (χ1n) is 8.05. The van der Waals surface area contributed by atoms with Crippen LogP contribution in [0, 0.1) is 17.1 Å². The number of benzene rings is 1. The molecule has 0 radical (unpaired) electrons. The van der Waals surface area contributed by atoms with Crippen LogP contribution in [0.5, 0.6) is 0 Å². The first-order valence-corrected chi connectivity index (χ1v) is 8.05. The second-order valence-electron chi connectivity index (χ2n) is 5.96. The highest BCUT2D eigenvalue weighted by atomic mass is 19.1. The van der Waals surface area contributed by atoms with Gasteiger partial charge in [-0.15, -0.1) is 0 Å². The van der Waals surface area contributed by atoms with E-state index in [1.54, 1.807) is 19.2 Å². The number of methoxy groups -OCH3 is 1. The van der Waals surface area contributed by atoms with E-state index in [1.807, 2.05) is 17.9 Å². The zero-order chi connectivity index (χ0) is 17.5. The molecule has 0 aliphatic carbocycles. The van der Waals surface area contributed by atoms with E-state index in [4.69, 9.17) is 10.00 Å². The fraction of sp³-hybridized carbons (Fsp3) is 0.529. The van der Waals surface area contributed by atoms with E-state index in [0.717, 1.165) is 19.4 Å². The van der Waals surface area contributed by atoms with Gasteiger partial charge in [-0.2, -0.15) is 5.26 Å². The van der Waals surface area contributed by atoms with Crippen molar-refractivity contribution in [2.24, 2.45) is 0 Å². The molecule has 7 heteroatoms. The normalized spacial score (nSPS) is 18.6. The molecule has 2 amide bonds. The second kappa shape index (κ2) is 8.50. The molecule has 1 aromatic rings. The minimum absolute atomic E-state index is 0.0494. The van der Waals surface area contributed by atoms with Crippen molar-refractivity contribution >= 4 is 11.7 Å². The summed E-state index contributed by atoms with van der Waals surface area (Å²) in [5.74, 6) is -0.409. The van der Waals surface area contributed by atoms with Crippen molar-refractivity contribution in [2.75, 3.05) is 31.6 Å². The first kappa shape index (κ1) is 18.0. The average molecular weight is 334 g/mol. The molecule has 1 heterocycles. The SMILES string of the molecule is COC(C)CNC(=O)NC1CCCN(c2ccc(C#N)cc2F)C1. The molecule has 6 nitrogen and oxygen atoms in total. The fourth-order valence-electron chi connectivity index (χ4n) is 2.70. The van der Waals surface area contributed by atoms with Crippen molar-refractivity contribution in [2.45, 2.75) is 31.9 Å². The van der Waals surface area contributed by atoms with Gasteiger partial charge in [-0.25, -0.2) is 9.18 Å². The van der Waals surface area contributed by atoms with Gasteiger partial charge in [0.05, 0.1) is 23.4 Å². The van der Waals surface area contributed by atoms with Crippen molar-refractivity contribution in [1.29, 1.82) is 5.26 Å². The Labute approximate surface area is 141 Å². The largest absolute Gasteiger partial charge is 0.380 e. The van der Waals surface area contributed by atoms with Gasteiger partial charge in [0.15, 0.2) is 0 Å². The molecule has 2 atom stereocenters. The quantitative estimate of drug-likeness (QED) is 0.863. The Bertz CT molecular complexity index is 617. The monoisotopic (exact) mass is 334 g/mol. The van der Waals surface area contributed by atoms with Crippen LogP contribution in [0.25, 0.3) is 0 Å². The predicted octanol–water partition coefficient (Wildman–Crippen LogP) is 2.00. The lowest BCUT2D eigenvalue weighted by Crippen LogP contribution is -2.51. The van der Waals surface area contributed by atoms with Crippen molar-refractivity contribution in [3.05, 3.63) is 29.6 Å². The molecule has 1 aliphatic heterocycles. The Morgan fingerprint density at radius 3 is 3.04 bits per heavy atom. The van der Waals surface area contributed by atoms with Crippen molar-refractivity contribution in [3.63, 3.8) is 0 Å². The second-order valence-corrected chi connectivity index (χ2v) is 5.96. The number of nitrogens with zero attached hydrogens (tertiary/aromatic N) is 2. The number of hydrogen-bond acceptors (Lipinski definition) is 4. The van der Waals surface area contributed by atoms with Crippen LogP contribution < -0.4 is 15.5 Å². The van der Waals surface area contributed by atoms with Crippen LogP contribution in [0.3, 0.4) is 0 Å². The highest BCUT2D eigenvalue weighted by Gasteiger charge is 2.23. The molecule has 130 valence electrons. The number of rotatable bonds is 5. The molecule has 2 rings (SSSR count). The number of ether oxygens (including phenoxy) is 1. The number of halogens is 1. The molecule has 2 N–H and O–H groups in total. The van der Waals surface area contributed by atoms with Crippen LogP contribution in [0.1, 0.15) is 25.3 Å². The highest BCUT2D eigenvalue weighted by molar-refractivity contribution is 5.74. The summed E-state index contributed by atoms with van der Waals surface area (Å²) in [7, 11) is 1.59. The molecule has 0 spiro atoms. The Kier molecular flexibility index (Phi) is 6.38. The Morgan fingerprint density at radius 1 is 1.58 bits per heavy atom. The Hall–Kier alpha value is -2.33. The average Bonchev–Trinajstić information content (AvgIpc) is 2.59. The van der Waals surface area contributed by atoms with E-state index in [1.165, 1.54) is 6.07 Å². The van der Waals surface area contributed by atoms with E-state index in [2.05, 4.69) is 10.6 Å². The maximum Gasteiger partial charge on any atom is 0.315 e. The molecule has 24 heavy (non-hydrogen) atoms. The van der Waals surface area contributed by atoms with Crippen LogP contribution in [-0.4, -0.2) is 44.9 Å². The maximum absolute atomic E-state index is 14.2. The van der Waals surface area contributed by atoms with Gasteiger partial charge >= 0.3 is 6.03 Å². The molecule has 0 bridgehead atoms. The standard InChI is InChI=1S/C17H23FN4O2/c1-12(24-2)10-20-17(23)21-14-4-3-7-22(11-14)16-6-5-13(9-19)8-15(16)18/h5-6,8,12,14H,3-4,7,10-11H2,1-2H3,(H2,20,21,23). The van der Waals surface area contributed by atoms with Crippen molar-refractivity contribution in [1.82, 2.24) is 10.6 Å². The molecule has 1 saturated heterocycles. The fourth-order valence-corrected chi connectivity index (χ4v) is 2.70. The van der Waals surface area contributed by atoms with E-state index >= 15 is 0 Å². The summed E-state index contributed by atoms with van der Waals surface area (Å²) in [6.07, 6.45) is 1.66. The van der Waals surface area contributed by atoms with Gasteiger partial charge in [0.2, 0.25) is 0 Å². The Morgan fingerprint density at radius 2 is 2.38 bits per heavy atom. The smallest absolute Gasteiger partial charge is 0.315 e. The van der Waals surface area contributed by atoms with E-state index in [9.17, 15) is 9.18 Å². The van der Waals surface area contributed by atoms with Crippen LogP contribution in [0.2, 0.25) is 0 Å². The third-order valence-corrected chi connectivity index (χ3v) is 4.13. The lowest BCUT2D eigenvalue weighted by Gasteiger charge is -2.35. The van der Waals surface area contributed by atoms with Gasteiger partial charge in [0.25, 0.3) is 0 Å². The minimum atomic E-state index is -0.409. The lowest BCUT2D eigenvalue weighted by molar-refractivity contribution is 0.118. The number of carbonyl (C=O) groups excluding carboxylic acids is 1. The number of urea groups is 1. The van der Waals surface area contributed by atoms with Gasteiger partial charge in [-0.05, 0) is 38.0 Å². The maximum atomic E-state index is 14.2. The van der Waals surface area contributed by atoms with Gasteiger partial charge in [-0.3, -0.25) is 0 Å². The molecule has 2 unspecified atom stereocenters. The number of anilines is 1. The number of piperidine rings is 1. The summed E-state index contributed by atoms with van der Waals surface area (Å²) in [5, 5.41) is 14.5. The van der Waals surface area contributed by atoms with Crippen LogP contribution in [0.4, 0.5) is 14.9 Å². The molecule has 0 aromatic heterocycles. The molecular weight excluding hydrogens is 311 g/mol. The van der Waals surface area contributed by atoms with Crippen LogP contribution >= 0.6 is 0 Å². The van der Waals surface area contributed by atoms with Crippen LogP contribution in [-0.2, 0) is 4.74 Å². The lowest BCUT2D eigenvalue weighted by atomic mass is 10.0. The summed E-state index contributed by atoms with van der Waals surface area (Å²) >= 11 is 0. The predicted molar refractivity (Wildman–Crippen MR) is 89.4 cm³/mol. The van der Waals surface area contributed by atoms with E-state index in [-0.39, 0.29) is 18.2 Å². The first-order chi connectivity index (χ1) is 11.5. The van der Waals surface area contributed by atoms with Gasteiger partial charge in [0, 0.05) is 32.8 Å².